The van der Waals surface area contributed by atoms with Crippen molar-refractivity contribution in [2.45, 2.75) is 63.7 Å². The van der Waals surface area contributed by atoms with Crippen LogP contribution in [0.5, 0.6) is 0 Å². The van der Waals surface area contributed by atoms with E-state index in [1.54, 1.807) is 24.3 Å². The van der Waals surface area contributed by atoms with Gasteiger partial charge in [0.15, 0.2) is 0 Å². The highest BCUT2D eigenvalue weighted by Gasteiger charge is 2.66. The van der Waals surface area contributed by atoms with Gasteiger partial charge in [0.05, 0.1) is 37.2 Å². The summed E-state index contributed by atoms with van der Waals surface area (Å²) in [7, 11) is 0. The number of rotatable bonds is 8. The normalized spacial score (nSPS) is 42.7. The molecule has 1 spiro atoms. The topological polar surface area (TPSA) is 144 Å². The van der Waals surface area contributed by atoms with Crippen LogP contribution >= 0.6 is 0 Å². The summed E-state index contributed by atoms with van der Waals surface area (Å²) >= 11 is 0. The molecular weight excluding hydrogens is 624 g/mol. The number of nitrogens with one attached hydrogen (secondary N) is 2. The zero-order valence-electron chi connectivity index (χ0n) is 28.4. The van der Waals surface area contributed by atoms with Crippen molar-refractivity contribution in [2.24, 2.45) is 34.5 Å². The number of fused-ring (bicyclic) bond motifs is 1. The molecule has 0 aromatic heterocycles. The Morgan fingerprint density at radius 3 is 2.37 bits per heavy atom. The highest BCUT2D eigenvalue weighted by Crippen LogP contribution is 2.65. The largest absolute Gasteiger partial charge is 0.423 e. The summed E-state index contributed by atoms with van der Waals surface area (Å²) in [6.45, 7) is 9.94. The summed E-state index contributed by atoms with van der Waals surface area (Å²) in [5.74, 6) is 0.431. The molecule has 6 heterocycles. The monoisotopic (exact) mass is 672 g/mol. The van der Waals surface area contributed by atoms with Crippen LogP contribution in [0, 0.1) is 34.5 Å². The Morgan fingerprint density at radius 1 is 1.02 bits per heavy atom. The van der Waals surface area contributed by atoms with Crippen LogP contribution in [0.1, 0.15) is 51.5 Å². The zero-order valence-corrected chi connectivity index (χ0v) is 28.4. The molecule has 3 unspecified atom stereocenters. The fourth-order valence-electron chi connectivity index (χ4n) is 10.5. The van der Waals surface area contributed by atoms with E-state index in [2.05, 4.69) is 33.4 Å². The Bertz CT molecular complexity index is 1590. The number of anilines is 1. The first-order valence-electron chi connectivity index (χ1n) is 17.9. The summed E-state index contributed by atoms with van der Waals surface area (Å²) in [5.41, 5.74) is 0.825. The average Bonchev–Trinajstić information content (AvgIpc) is 3.74. The van der Waals surface area contributed by atoms with E-state index in [4.69, 9.17) is 9.47 Å². The molecule has 8 aliphatic rings. The SMILES string of the molecule is C[C@]12CC[C@@H](O)[C@@](C)(CO)C1CCC1(CO1)C2C=CC1=CC(=Cc2ccc(NC(=O)CC(=O)NC3C4CN5CC3CN(C4)C5)cc2)OC1=O. The number of ether oxygens (including phenoxy) is 2. The Kier molecular flexibility index (Phi) is 8.15. The van der Waals surface area contributed by atoms with Gasteiger partial charge < -0.3 is 30.3 Å². The first kappa shape index (κ1) is 32.8. The van der Waals surface area contributed by atoms with E-state index in [-0.39, 0.29) is 53.7 Å². The molecule has 1 aromatic rings. The van der Waals surface area contributed by atoms with Crippen LogP contribution < -0.4 is 10.6 Å². The zero-order chi connectivity index (χ0) is 34.1. The lowest BCUT2D eigenvalue weighted by Crippen LogP contribution is -2.71. The van der Waals surface area contributed by atoms with Crippen molar-refractivity contribution in [1.29, 1.82) is 0 Å². The number of hydrogen-bond acceptors (Lipinski definition) is 9. The lowest BCUT2D eigenvalue weighted by atomic mass is 9.45. The second kappa shape index (κ2) is 12.2. The molecule has 49 heavy (non-hydrogen) atoms. The Labute approximate surface area is 287 Å². The van der Waals surface area contributed by atoms with E-state index in [0.29, 0.717) is 41.9 Å². The molecule has 9 rings (SSSR count). The van der Waals surface area contributed by atoms with Gasteiger partial charge in [-0.05, 0) is 66.9 Å². The number of carbonyl (C=O) groups excluding carboxylic acids is 3. The molecule has 4 bridgehead atoms. The maximum atomic E-state index is 12.9. The van der Waals surface area contributed by atoms with Crippen LogP contribution in [-0.2, 0) is 23.9 Å². The summed E-state index contributed by atoms with van der Waals surface area (Å²) in [4.78, 5) is 43.2. The summed E-state index contributed by atoms with van der Waals surface area (Å²) in [6.07, 6.45) is 9.90. The number of hydrogen-bond donors (Lipinski definition) is 4. The summed E-state index contributed by atoms with van der Waals surface area (Å²) in [5, 5.41) is 27.2. The van der Waals surface area contributed by atoms with Crippen molar-refractivity contribution in [3.05, 3.63) is 59.4 Å². The minimum atomic E-state index is -0.574. The van der Waals surface area contributed by atoms with Gasteiger partial charge in [-0.3, -0.25) is 19.4 Å². The van der Waals surface area contributed by atoms with Crippen molar-refractivity contribution < 1.29 is 34.1 Å². The number of carbonyl (C=O) groups is 3. The number of cyclic esters (lactones) is 1. The highest BCUT2D eigenvalue weighted by atomic mass is 16.6. The van der Waals surface area contributed by atoms with Gasteiger partial charge >= 0.3 is 5.97 Å². The van der Waals surface area contributed by atoms with E-state index in [1.807, 2.05) is 25.1 Å². The van der Waals surface area contributed by atoms with Crippen molar-refractivity contribution in [1.82, 2.24) is 15.1 Å². The number of nitrogens with zero attached hydrogens (tertiary/aromatic N) is 2. The minimum absolute atomic E-state index is 0.0431. The van der Waals surface area contributed by atoms with Gasteiger partial charge in [-0.25, -0.2) is 4.79 Å². The van der Waals surface area contributed by atoms with Gasteiger partial charge in [0, 0.05) is 61.1 Å². The third-order valence-electron chi connectivity index (χ3n) is 13.0. The van der Waals surface area contributed by atoms with E-state index in [1.165, 1.54) is 0 Å². The minimum Gasteiger partial charge on any atom is -0.423 e. The first-order chi connectivity index (χ1) is 23.5. The van der Waals surface area contributed by atoms with Crippen molar-refractivity contribution in [2.75, 3.05) is 51.4 Å². The molecule has 5 saturated heterocycles. The number of piperidine rings is 2. The maximum Gasteiger partial charge on any atom is 0.343 e. The van der Waals surface area contributed by atoms with Crippen LogP contribution in [0.2, 0.25) is 0 Å². The predicted molar refractivity (Wildman–Crippen MR) is 181 cm³/mol. The second-order valence-corrected chi connectivity index (χ2v) is 16.2. The molecule has 1 aromatic carbocycles. The fourth-order valence-corrected chi connectivity index (χ4v) is 10.5. The van der Waals surface area contributed by atoms with Crippen molar-refractivity contribution in [3.63, 3.8) is 0 Å². The molecule has 0 radical (unpaired) electrons. The number of benzene rings is 1. The van der Waals surface area contributed by atoms with Gasteiger partial charge in [-0.15, -0.1) is 0 Å². The van der Waals surface area contributed by atoms with E-state index < -0.39 is 17.5 Å². The van der Waals surface area contributed by atoms with E-state index in [0.717, 1.165) is 57.7 Å². The molecule has 11 heteroatoms. The van der Waals surface area contributed by atoms with Gasteiger partial charge in [-0.1, -0.05) is 38.1 Å². The van der Waals surface area contributed by atoms with Gasteiger partial charge in [0.25, 0.3) is 0 Å². The first-order valence-corrected chi connectivity index (χ1v) is 17.9. The average molecular weight is 673 g/mol. The van der Waals surface area contributed by atoms with Crippen molar-refractivity contribution >= 4 is 29.5 Å². The quantitative estimate of drug-likeness (QED) is 0.186. The van der Waals surface area contributed by atoms with E-state index >= 15 is 0 Å². The summed E-state index contributed by atoms with van der Waals surface area (Å²) in [6, 6.07) is 7.31. The van der Waals surface area contributed by atoms with Crippen LogP contribution in [0.3, 0.4) is 0 Å². The lowest BCUT2D eigenvalue weighted by molar-refractivity contribution is -0.167. The second-order valence-electron chi connectivity index (χ2n) is 16.2. The fraction of sp³-hybridized carbons (Fsp3) is 0.605. The molecule has 262 valence electrons. The van der Waals surface area contributed by atoms with Crippen LogP contribution in [0.15, 0.2) is 53.8 Å². The van der Waals surface area contributed by atoms with Gasteiger partial charge in [-0.2, -0.15) is 0 Å². The number of esters is 1. The third-order valence-corrected chi connectivity index (χ3v) is 13.0. The molecule has 2 amide bonds. The molecule has 6 aliphatic heterocycles. The van der Waals surface area contributed by atoms with Crippen LogP contribution in [0.25, 0.3) is 6.08 Å². The number of epoxide rings is 1. The van der Waals surface area contributed by atoms with Crippen LogP contribution in [-0.4, -0.2) is 102 Å². The summed E-state index contributed by atoms with van der Waals surface area (Å²) < 4.78 is 11.6. The molecular formula is C38H48N4O7. The van der Waals surface area contributed by atoms with E-state index in [9.17, 15) is 24.6 Å². The van der Waals surface area contributed by atoms with Crippen molar-refractivity contribution in [3.8, 4) is 0 Å². The Morgan fingerprint density at radius 2 is 1.71 bits per heavy atom. The number of amides is 2. The molecule has 7 fully saturated rings. The van der Waals surface area contributed by atoms with Gasteiger partial charge in [0.2, 0.25) is 11.8 Å². The molecule has 6 atom stereocenters. The van der Waals surface area contributed by atoms with Gasteiger partial charge in [0.1, 0.15) is 12.2 Å². The number of aliphatic hydroxyl groups is 2. The maximum absolute atomic E-state index is 12.9. The molecule has 11 nitrogen and oxygen atoms in total. The third kappa shape index (κ3) is 5.87. The Balaban J connectivity index is 0.886. The molecule has 2 saturated carbocycles. The molecule has 2 aliphatic carbocycles. The number of aliphatic hydroxyl groups excluding tert-OH is 2. The lowest BCUT2D eigenvalue weighted by Gasteiger charge is -2.60. The Hall–Kier alpha value is -3.35. The van der Waals surface area contributed by atoms with Crippen LogP contribution in [0.4, 0.5) is 5.69 Å². The molecule has 4 N–H and O–H groups in total. The highest BCUT2D eigenvalue weighted by molar-refractivity contribution is 6.03. The predicted octanol–water partition coefficient (Wildman–Crippen LogP) is 2.67. The smallest absolute Gasteiger partial charge is 0.343 e. The number of allylic oxidation sites excluding steroid dienone is 1. The standard InChI is InChI=1S/C38H48N4O7/c1-36-11-10-31(44)37(2,20-43)29(36)9-12-38(21-48-38)30(36)8-5-24-14-28(49-35(24)47)13-23-3-6-27(7-4-23)39-32(45)15-33(46)40-34-25-16-41-18-26(34)19-42(17-25)22-41/h3-8,13-14,25-26,29-31,34,43-44H,9-12,15-22H2,1-2H3,(H,39,45)(H,40,46)/t25?,26?,29?,30?,31-,34?,36+,37+,38?/m1/s1.